The van der Waals surface area contributed by atoms with Crippen molar-refractivity contribution in [2.45, 2.75) is 19.5 Å². The summed E-state index contributed by atoms with van der Waals surface area (Å²) >= 11 is 0. The second-order valence-electron chi connectivity index (χ2n) is 7.42. The maximum Gasteiger partial charge on any atom is 0.416 e. The summed E-state index contributed by atoms with van der Waals surface area (Å²) in [6, 6.07) is 12.7. The summed E-state index contributed by atoms with van der Waals surface area (Å²) in [6.45, 7) is 6.65. The minimum absolute atomic E-state index is 0.154. The fraction of sp³-hybridized carbons (Fsp3) is 0.435. The van der Waals surface area contributed by atoms with E-state index in [0.717, 1.165) is 32.1 Å². The molecule has 0 saturated carbocycles. The molecule has 1 saturated heterocycles. The molecule has 1 aliphatic rings. The number of piperazine rings is 1. The van der Waals surface area contributed by atoms with Crippen LogP contribution in [0.25, 0.3) is 0 Å². The largest absolute Gasteiger partial charge is 0.493 e. The van der Waals surface area contributed by atoms with Crippen molar-refractivity contribution in [2.24, 2.45) is 0 Å². The molecule has 8 heteroatoms. The van der Waals surface area contributed by atoms with Gasteiger partial charge in [0.15, 0.2) is 0 Å². The molecule has 0 bridgehead atoms. The van der Waals surface area contributed by atoms with Crippen molar-refractivity contribution in [1.29, 1.82) is 0 Å². The van der Waals surface area contributed by atoms with E-state index in [9.17, 15) is 18.0 Å². The van der Waals surface area contributed by atoms with Gasteiger partial charge in [0, 0.05) is 38.4 Å². The zero-order chi connectivity index (χ0) is 22.3. The first-order valence-corrected chi connectivity index (χ1v) is 10.5. The van der Waals surface area contributed by atoms with Gasteiger partial charge in [0.05, 0.1) is 17.7 Å². The van der Waals surface area contributed by atoms with Gasteiger partial charge in [0.1, 0.15) is 5.75 Å². The van der Waals surface area contributed by atoms with Crippen molar-refractivity contribution in [3.8, 4) is 5.75 Å². The van der Waals surface area contributed by atoms with E-state index in [4.69, 9.17) is 4.74 Å². The topological polar surface area (TPSA) is 44.8 Å². The predicted octanol–water partition coefficient (Wildman–Crippen LogP) is 4.05. The van der Waals surface area contributed by atoms with Gasteiger partial charge in [-0.1, -0.05) is 18.2 Å². The molecule has 0 aromatic heterocycles. The van der Waals surface area contributed by atoms with E-state index >= 15 is 0 Å². The standard InChI is InChI=1S/C23H28F3N3O2/c1-2-31-21-10-4-3-9-20(21)22(30)27-11-6-12-28-13-15-29(16-14-28)19-8-5-7-18(17-19)23(24,25)26/h3-5,7-10,17H,2,6,11-16H2,1H3,(H,27,30). The second-order valence-corrected chi connectivity index (χ2v) is 7.42. The number of hydrogen-bond acceptors (Lipinski definition) is 4. The molecule has 0 aliphatic carbocycles. The Labute approximate surface area is 180 Å². The summed E-state index contributed by atoms with van der Waals surface area (Å²) in [6.07, 6.45) is -3.53. The van der Waals surface area contributed by atoms with Crippen LogP contribution >= 0.6 is 0 Å². The summed E-state index contributed by atoms with van der Waals surface area (Å²) < 4.78 is 44.3. The molecule has 1 heterocycles. The van der Waals surface area contributed by atoms with E-state index in [0.29, 0.717) is 43.2 Å². The summed E-state index contributed by atoms with van der Waals surface area (Å²) in [5.74, 6) is 0.423. The van der Waals surface area contributed by atoms with Crippen LogP contribution in [0.15, 0.2) is 48.5 Å². The van der Waals surface area contributed by atoms with Crippen molar-refractivity contribution in [1.82, 2.24) is 10.2 Å². The molecule has 0 atom stereocenters. The first kappa shape index (κ1) is 22.9. The molecule has 1 amide bonds. The normalized spacial score (nSPS) is 15.0. The highest BCUT2D eigenvalue weighted by molar-refractivity contribution is 5.96. The Balaban J connectivity index is 1.41. The van der Waals surface area contributed by atoms with Gasteiger partial charge in [-0.25, -0.2) is 0 Å². The number of carbonyl (C=O) groups excluding carboxylic acids is 1. The first-order chi connectivity index (χ1) is 14.9. The van der Waals surface area contributed by atoms with Crippen molar-refractivity contribution >= 4 is 11.6 Å². The zero-order valence-electron chi connectivity index (χ0n) is 17.6. The lowest BCUT2D eigenvalue weighted by Crippen LogP contribution is -2.47. The smallest absolute Gasteiger partial charge is 0.416 e. The Kier molecular flexibility index (Phi) is 7.79. The van der Waals surface area contributed by atoms with Crippen LogP contribution in [-0.4, -0.2) is 56.7 Å². The maximum atomic E-state index is 12.9. The number of nitrogens with one attached hydrogen (secondary N) is 1. The molecule has 5 nitrogen and oxygen atoms in total. The van der Waals surface area contributed by atoms with Gasteiger partial charge in [-0.05, 0) is 50.2 Å². The molecule has 1 aliphatic heterocycles. The van der Waals surface area contributed by atoms with E-state index in [2.05, 4.69) is 10.2 Å². The van der Waals surface area contributed by atoms with E-state index in [1.165, 1.54) is 12.1 Å². The van der Waals surface area contributed by atoms with Crippen LogP contribution in [-0.2, 0) is 6.18 Å². The SMILES string of the molecule is CCOc1ccccc1C(=O)NCCCN1CCN(c2cccc(C(F)(F)F)c2)CC1. The molecule has 0 spiro atoms. The number of halogens is 3. The van der Waals surface area contributed by atoms with Crippen molar-refractivity contribution in [2.75, 3.05) is 50.8 Å². The van der Waals surface area contributed by atoms with Crippen molar-refractivity contribution in [3.63, 3.8) is 0 Å². The third-order valence-corrected chi connectivity index (χ3v) is 5.28. The van der Waals surface area contributed by atoms with Gasteiger partial charge in [-0.15, -0.1) is 0 Å². The number of alkyl halides is 3. The fourth-order valence-electron chi connectivity index (χ4n) is 3.64. The Morgan fingerprint density at radius 1 is 1.06 bits per heavy atom. The molecule has 168 valence electrons. The molecular formula is C23H28F3N3O2. The van der Waals surface area contributed by atoms with Crippen LogP contribution in [0, 0.1) is 0 Å². The van der Waals surface area contributed by atoms with Crippen LogP contribution in [0.5, 0.6) is 5.75 Å². The number of ether oxygens (including phenoxy) is 1. The average molecular weight is 435 g/mol. The second kappa shape index (κ2) is 10.5. The number of hydrogen-bond donors (Lipinski definition) is 1. The van der Waals surface area contributed by atoms with Crippen LogP contribution < -0.4 is 15.0 Å². The van der Waals surface area contributed by atoms with Gasteiger partial charge < -0.3 is 15.0 Å². The maximum absolute atomic E-state index is 12.9. The Morgan fingerprint density at radius 2 is 1.81 bits per heavy atom. The van der Waals surface area contributed by atoms with E-state index in [1.54, 1.807) is 24.3 Å². The van der Waals surface area contributed by atoms with Gasteiger partial charge in [0.25, 0.3) is 5.91 Å². The molecule has 1 fully saturated rings. The molecular weight excluding hydrogens is 407 g/mol. The molecule has 0 unspecified atom stereocenters. The van der Waals surface area contributed by atoms with E-state index < -0.39 is 11.7 Å². The molecule has 1 N–H and O–H groups in total. The highest BCUT2D eigenvalue weighted by Crippen LogP contribution is 2.31. The number of anilines is 1. The van der Waals surface area contributed by atoms with Gasteiger partial charge in [0.2, 0.25) is 0 Å². The van der Waals surface area contributed by atoms with Crippen LogP contribution in [0.4, 0.5) is 18.9 Å². The minimum atomic E-state index is -4.33. The van der Waals surface area contributed by atoms with Crippen molar-refractivity contribution in [3.05, 3.63) is 59.7 Å². The summed E-state index contributed by atoms with van der Waals surface area (Å²) in [5.41, 5.74) is 0.517. The van der Waals surface area contributed by atoms with E-state index in [1.807, 2.05) is 17.9 Å². The predicted molar refractivity (Wildman–Crippen MR) is 115 cm³/mol. The lowest BCUT2D eigenvalue weighted by atomic mass is 10.1. The Hall–Kier alpha value is -2.74. The Bertz CT molecular complexity index is 865. The molecule has 31 heavy (non-hydrogen) atoms. The molecule has 2 aromatic rings. The van der Waals surface area contributed by atoms with Crippen LogP contribution in [0.1, 0.15) is 29.3 Å². The van der Waals surface area contributed by atoms with Gasteiger partial charge >= 0.3 is 6.18 Å². The number of para-hydroxylation sites is 1. The van der Waals surface area contributed by atoms with Crippen LogP contribution in [0.2, 0.25) is 0 Å². The first-order valence-electron chi connectivity index (χ1n) is 10.5. The monoisotopic (exact) mass is 435 g/mol. The van der Waals surface area contributed by atoms with Gasteiger partial charge in [-0.3, -0.25) is 9.69 Å². The summed E-state index contributed by atoms with van der Waals surface area (Å²) in [7, 11) is 0. The Morgan fingerprint density at radius 3 is 2.52 bits per heavy atom. The third kappa shape index (κ3) is 6.37. The number of rotatable bonds is 8. The third-order valence-electron chi connectivity index (χ3n) is 5.28. The molecule has 3 rings (SSSR count). The van der Waals surface area contributed by atoms with E-state index in [-0.39, 0.29) is 5.91 Å². The van der Waals surface area contributed by atoms with Crippen LogP contribution in [0.3, 0.4) is 0 Å². The zero-order valence-corrected chi connectivity index (χ0v) is 17.6. The minimum Gasteiger partial charge on any atom is -0.493 e. The number of carbonyl (C=O) groups is 1. The molecule has 2 aromatic carbocycles. The number of benzene rings is 2. The average Bonchev–Trinajstić information content (AvgIpc) is 2.77. The lowest BCUT2D eigenvalue weighted by molar-refractivity contribution is -0.137. The highest BCUT2D eigenvalue weighted by atomic mass is 19.4. The van der Waals surface area contributed by atoms with Gasteiger partial charge in [-0.2, -0.15) is 13.2 Å². The van der Waals surface area contributed by atoms with Crippen molar-refractivity contribution < 1.29 is 22.7 Å². The fourth-order valence-corrected chi connectivity index (χ4v) is 3.64. The number of nitrogens with zero attached hydrogens (tertiary/aromatic N) is 2. The lowest BCUT2D eigenvalue weighted by Gasteiger charge is -2.36. The summed E-state index contributed by atoms with van der Waals surface area (Å²) in [4.78, 5) is 16.7. The number of amides is 1. The quantitative estimate of drug-likeness (QED) is 0.636. The summed E-state index contributed by atoms with van der Waals surface area (Å²) in [5, 5.41) is 2.93. The highest BCUT2D eigenvalue weighted by Gasteiger charge is 2.31. The molecule has 0 radical (unpaired) electrons.